The predicted octanol–water partition coefficient (Wildman–Crippen LogP) is 4.30. The minimum absolute atomic E-state index is 0.0108. The Morgan fingerprint density at radius 2 is 1.86 bits per heavy atom. The highest BCUT2D eigenvalue weighted by Crippen LogP contribution is 2.47. The first kappa shape index (κ1) is 24.2. The number of aromatic nitrogens is 1. The molecule has 0 radical (unpaired) electrons. The molecule has 0 N–H and O–H groups in total. The Morgan fingerprint density at radius 3 is 2.54 bits per heavy atom. The van der Waals surface area contributed by atoms with Gasteiger partial charge in [-0.1, -0.05) is 6.07 Å². The van der Waals surface area contributed by atoms with Gasteiger partial charge in [0.25, 0.3) is 5.91 Å². The van der Waals surface area contributed by atoms with Crippen molar-refractivity contribution in [2.45, 2.75) is 50.5 Å². The number of hydrogen-bond donors (Lipinski definition) is 0. The van der Waals surface area contributed by atoms with Crippen LogP contribution in [-0.2, 0) is 9.47 Å². The van der Waals surface area contributed by atoms with Gasteiger partial charge in [0.05, 0.1) is 23.9 Å². The predicted molar refractivity (Wildman–Crippen MR) is 137 cm³/mol. The van der Waals surface area contributed by atoms with E-state index in [0.717, 1.165) is 5.82 Å². The van der Waals surface area contributed by atoms with Gasteiger partial charge in [-0.25, -0.2) is 14.2 Å². The maximum atomic E-state index is 15.1. The van der Waals surface area contributed by atoms with Gasteiger partial charge < -0.3 is 19.3 Å². The number of pyridine rings is 1. The maximum absolute atomic E-state index is 15.1. The molecule has 2 saturated carbocycles. The van der Waals surface area contributed by atoms with Crippen molar-refractivity contribution < 1.29 is 23.5 Å². The Labute approximate surface area is 216 Å². The number of halogens is 1. The van der Waals surface area contributed by atoms with E-state index >= 15 is 4.39 Å². The summed E-state index contributed by atoms with van der Waals surface area (Å²) >= 11 is 0. The normalized spacial score (nSPS) is 21.9. The van der Waals surface area contributed by atoms with E-state index < -0.39 is 11.9 Å². The third-order valence-electron chi connectivity index (χ3n) is 7.79. The Morgan fingerprint density at radius 1 is 1.11 bits per heavy atom. The van der Waals surface area contributed by atoms with Gasteiger partial charge in [0, 0.05) is 39.0 Å². The van der Waals surface area contributed by atoms with Gasteiger partial charge in [0.15, 0.2) is 0 Å². The fraction of sp³-hybridized carbons (Fsp3) is 0.536. The van der Waals surface area contributed by atoms with Gasteiger partial charge in [-0.05, 0) is 73.8 Å². The molecule has 2 saturated heterocycles. The number of carbonyl (C=O) groups excluding carboxylic acids is 2. The SMILES string of the molecule is CCOC[C@@H]1COC(=O)N1c1ccc(C(=O)N2CCN(c3ncc(C4CC4)cc3C3CC3)CC2)c(F)c1. The summed E-state index contributed by atoms with van der Waals surface area (Å²) < 4.78 is 25.7. The Bertz CT molecular complexity index is 1190. The highest BCUT2D eigenvalue weighted by molar-refractivity contribution is 5.96. The largest absolute Gasteiger partial charge is 0.447 e. The topological polar surface area (TPSA) is 75.2 Å². The Kier molecular flexibility index (Phi) is 6.48. The molecule has 37 heavy (non-hydrogen) atoms. The number of piperazine rings is 1. The van der Waals surface area contributed by atoms with Crippen LogP contribution in [0.4, 0.5) is 20.7 Å². The fourth-order valence-corrected chi connectivity index (χ4v) is 5.36. The molecule has 1 atom stereocenters. The molecule has 2 aliphatic heterocycles. The number of nitrogens with zero attached hydrogens (tertiary/aromatic N) is 4. The van der Waals surface area contributed by atoms with Gasteiger partial charge >= 0.3 is 6.09 Å². The molecule has 2 amide bonds. The standard InChI is InChI=1S/C28H33FN4O4/c1-2-36-16-22-17-37-28(35)33(22)21-7-8-23(25(29)14-21)27(34)32-11-9-31(10-12-32)26-24(19-5-6-19)13-20(15-30-26)18-3-4-18/h7-8,13-15,18-19,22H,2-6,9-12,16-17H2,1H3/t22-/m1/s1. The van der Waals surface area contributed by atoms with E-state index in [1.54, 1.807) is 11.0 Å². The summed E-state index contributed by atoms with van der Waals surface area (Å²) in [7, 11) is 0. The molecule has 4 fully saturated rings. The molecule has 6 rings (SSSR count). The van der Waals surface area contributed by atoms with E-state index in [0.29, 0.717) is 56.9 Å². The number of rotatable bonds is 8. The zero-order valence-corrected chi connectivity index (χ0v) is 21.2. The van der Waals surface area contributed by atoms with Crippen molar-refractivity contribution in [3.63, 3.8) is 0 Å². The second-order valence-electron chi connectivity index (χ2n) is 10.4. The van der Waals surface area contributed by atoms with E-state index in [-0.39, 0.29) is 24.1 Å². The molecular weight excluding hydrogens is 475 g/mol. The zero-order chi connectivity index (χ0) is 25.5. The summed E-state index contributed by atoms with van der Waals surface area (Å²) in [5.74, 6) is 1.36. The number of cyclic esters (lactones) is 1. The monoisotopic (exact) mass is 508 g/mol. The van der Waals surface area contributed by atoms with Crippen molar-refractivity contribution >= 4 is 23.5 Å². The minimum atomic E-state index is -0.645. The van der Waals surface area contributed by atoms with Crippen LogP contribution in [0.2, 0.25) is 0 Å². The molecule has 0 unspecified atom stereocenters. The van der Waals surface area contributed by atoms with Crippen LogP contribution in [0.5, 0.6) is 0 Å². The minimum Gasteiger partial charge on any atom is -0.447 e. The van der Waals surface area contributed by atoms with E-state index in [2.05, 4.69) is 11.0 Å². The van der Waals surface area contributed by atoms with E-state index in [1.807, 2.05) is 13.1 Å². The van der Waals surface area contributed by atoms with Crippen LogP contribution in [0.15, 0.2) is 30.5 Å². The lowest BCUT2D eigenvalue weighted by Gasteiger charge is -2.36. The van der Waals surface area contributed by atoms with Crippen molar-refractivity contribution in [2.75, 3.05) is 55.8 Å². The van der Waals surface area contributed by atoms with Gasteiger partial charge in [0.2, 0.25) is 0 Å². The van der Waals surface area contributed by atoms with Gasteiger partial charge in [-0.15, -0.1) is 0 Å². The van der Waals surface area contributed by atoms with Crippen LogP contribution in [0.25, 0.3) is 0 Å². The lowest BCUT2D eigenvalue weighted by Crippen LogP contribution is -2.49. The third kappa shape index (κ3) is 4.89. The van der Waals surface area contributed by atoms with Crippen molar-refractivity contribution in [2.24, 2.45) is 0 Å². The summed E-state index contributed by atoms with van der Waals surface area (Å²) in [6.45, 7) is 5.21. The molecule has 2 aliphatic carbocycles. The van der Waals surface area contributed by atoms with Crippen LogP contribution >= 0.6 is 0 Å². The van der Waals surface area contributed by atoms with E-state index in [4.69, 9.17) is 14.5 Å². The summed E-state index contributed by atoms with van der Waals surface area (Å²) in [6, 6.07) is 6.34. The quantitative estimate of drug-likeness (QED) is 0.529. The molecule has 0 bridgehead atoms. The van der Waals surface area contributed by atoms with Crippen LogP contribution in [-0.4, -0.2) is 73.9 Å². The number of benzene rings is 1. The van der Waals surface area contributed by atoms with Crippen LogP contribution < -0.4 is 9.80 Å². The molecule has 8 nitrogen and oxygen atoms in total. The zero-order valence-electron chi connectivity index (χ0n) is 21.2. The average molecular weight is 509 g/mol. The van der Waals surface area contributed by atoms with Gasteiger partial charge in [0.1, 0.15) is 18.2 Å². The Balaban J connectivity index is 1.12. The summed E-state index contributed by atoms with van der Waals surface area (Å²) in [6.07, 6.45) is 6.46. The number of carbonyl (C=O) groups is 2. The van der Waals surface area contributed by atoms with Crippen molar-refractivity contribution in [3.05, 3.63) is 53.0 Å². The summed E-state index contributed by atoms with van der Waals surface area (Å²) in [4.78, 5) is 35.7. The van der Waals surface area contributed by atoms with Crippen molar-refractivity contribution in [1.82, 2.24) is 9.88 Å². The number of hydrogen-bond acceptors (Lipinski definition) is 6. The van der Waals surface area contributed by atoms with E-state index in [9.17, 15) is 9.59 Å². The van der Waals surface area contributed by atoms with Gasteiger partial charge in [-0.3, -0.25) is 9.69 Å². The van der Waals surface area contributed by atoms with Crippen LogP contribution in [0.3, 0.4) is 0 Å². The highest BCUT2D eigenvalue weighted by atomic mass is 19.1. The molecule has 1 aromatic heterocycles. The number of anilines is 2. The molecule has 2 aromatic rings. The summed E-state index contributed by atoms with van der Waals surface area (Å²) in [5.41, 5.74) is 3.09. The fourth-order valence-electron chi connectivity index (χ4n) is 5.36. The molecule has 4 aliphatic rings. The second kappa shape index (κ2) is 9.93. The first-order valence-corrected chi connectivity index (χ1v) is 13.4. The van der Waals surface area contributed by atoms with Crippen LogP contribution in [0.1, 0.15) is 65.9 Å². The maximum Gasteiger partial charge on any atom is 0.414 e. The first-order chi connectivity index (χ1) is 18.0. The summed E-state index contributed by atoms with van der Waals surface area (Å²) in [5, 5.41) is 0. The van der Waals surface area contributed by atoms with Crippen molar-refractivity contribution in [1.29, 1.82) is 0 Å². The van der Waals surface area contributed by atoms with E-state index in [1.165, 1.54) is 53.8 Å². The number of amides is 2. The average Bonchev–Trinajstić information content (AvgIpc) is 3.84. The molecule has 9 heteroatoms. The van der Waals surface area contributed by atoms with Crippen LogP contribution in [0, 0.1) is 5.82 Å². The second-order valence-corrected chi connectivity index (χ2v) is 10.4. The number of ether oxygens (including phenoxy) is 2. The van der Waals surface area contributed by atoms with Gasteiger partial charge in [-0.2, -0.15) is 0 Å². The molecular formula is C28H33FN4O4. The first-order valence-electron chi connectivity index (χ1n) is 13.4. The molecule has 1 aromatic carbocycles. The highest BCUT2D eigenvalue weighted by Gasteiger charge is 2.36. The Hall–Kier alpha value is -3.20. The smallest absolute Gasteiger partial charge is 0.414 e. The molecule has 196 valence electrons. The lowest BCUT2D eigenvalue weighted by atomic mass is 10.1. The molecule has 0 spiro atoms. The lowest BCUT2D eigenvalue weighted by molar-refractivity contribution is 0.0741. The third-order valence-corrected chi connectivity index (χ3v) is 7.79. The van der Waals surface area contributed by atoms with Crippen molar-refractivity contribution in [3.8, 4) is 0 Å². The molecule has 3 heterocycles.